The minimum absolute atomic E-state index is 0.0304. The molecule has 1 rings (SSSR count). The Morgan fingerprint density at radius 3 is 2.53 bits per heavy atom. The molecular formula is C14H18N2O. The first-order valence-electron chi connectivity index (χ1n) is 5.72. The number of benzene rings is 1. The first-order chi connectivity index (χ1) is 7.97. The molecule has 1 amide bonds. The molecule has 0 heterocycles. The second kappa shape index (κ2) is 5.49. The zero-order valence-corrected chi connectivity index (χ0v) is 10.8. The van der Waals surface area contributed by atoms with Crippen molar-refractivity contribution in [3.05, 3.63) is 34.9 Å². The lowest BCUT2D eigenvalue weighted by Gasteiger charge is -2.24. The van der Waals surface area contributed by atoms with Gasteiger partial charge < -0.3 is 4.90 Å². The van der Waals surface area contributed by atoms with Crippen LogP contribution < -0.4 is 0 Å². The summed E-state index contributed by atoms with van der Waals surface area (Å²) < 4.78 is 0. The first-order valence-corrected chi connectivity index (χ1v) is 5.72. The van der Waals surface area contributed by atoms with Crippen LogP contribution in [0.3, 0.4) is 0 Å². The van der Waals surface area contributed by atoms with E-state index in [-0.39, 0.29) is 18.5 Å². The molecule has 0 spiro atoms. The number of nitrogens with zero attached hydrogens (tertiary/aromatic N) is 2. The normalized spacial score (nSPS) is 10.1. The lowest BCUT2D eigenvalue weighted by Crippen LogP contribution is -2.37. The van der Waals surface area contributed by atoms with Crippen molar-refractivity contribution < 1.29 is 4.79 Å². The number of nitriles is 1. The van der Waals surface area contributed by atoms with Gasteiger partial charge >= 0.3 is 0 Å². The predicted molar refractivity (Wildman–Crippen MR) is 67.7 cm³/mol. The van der Waals surface area contributed by atoms with Crippen LogP contribution in [0.5, 0.6) is 0 Å². The van der Waals surface area contributed by atoms with Gasteiger partial charge in [-0.1, -0.05) is 17.7 Å². The Labute approximate surface area is 103 Å². The molecule has 0 aliphatic heterocycles. The van der Waals surface area contributed by atoms with E-state index >= 15 is 0 Å². The second-order valence-corrected chi connectivity index (χ2v) is 4.50. The molecule has 90 valence electrons. The SMILES string of the molecule is Cc1ccc(C(=O)N(CC#N)C(C)C)c(C)c1. The standard InChI is InChI=1S/C14H18N2O/c1-10(2)16(8-7-15)14(17)13-6-5-11(3)9-12(13)4/h5-6,9-10H,8H2,1-4H3. The molecule has 0 N–H and O–H groups in total. The molecule has 1 aromatic carbocycles. The summed E-state index contributed by atoms with van der Waals surface area (Å²) in [6.45, 7) is 7.88. The zero-order chi connectivity index (χ0) is 13.0. The smallest absolute Gasteiger partial charge is 0.255 e. The van der Waals surface area contributed by atoms with Crippen molar-refractivity contribution in [2.24, 2.45) is 0 Å². The number of aryl methyl sites for hydroxylation is 2. The minimum atomic E-state index is -0.0703. The molecule has 0 atom stereocenters. The summed E-state index contributed by atoms with van der Waals surface area (Å²) in [6.07, 6.45) is 0. The van der Waals surface area contributed by atoms with Gasteiger partial charge in [-0.2, -0.15) is 5.26 Å². The van der Waals surface area contributed by atoms with Crippen LogP contribution in [0.25, 0.3) is 0 Å². The van der Waals surface area contributed by atoms with Gasteiger partial charge in [0.05, 0.1) is 6.07 Å². The minimum Gasteiger partial charge on any atom is -0.323 e. The van der Waals surface area contributed by atoms with Crippen molar-refractivity contribution in [2.75, 3.05) is 6.54 Å². The highest BCUT2D eigenvalue weighted by molar-refractivity contribution is 5.96. The zero-order valence-electron chi connectivity index (χ0n) is 10.8. The van der Waals surface area contributed by atoms with Gasteiger partial charge in [0.2, 0.25) is 0 Å². The fourth-order valence-corrected chi connectivity index (χ4v) is 1.77. The van der Waals surface area contributed by atoms with Crippen LogP contribution in [0.4, 0.5) is 0 Å². The maximum Gasteiger partial charge on any atom is 0.255 e. The van der Waals surface area contributed by atoms with Crippen LogP contribution >= 0.6 is 0 Å². The van der Waals surface area contributed by atoms with Gasteiger partial charge in [0, 0.05) is 11.6 Å². The van der Waals surface area contributed by atoms with Gasteiger partial charge in [0.25, 0.3) is 5.91 Å². The maximum atomic E-state index is 12.3. The van der Waals surface area contributed by atoms with E-state index in [1.54, 1.807) is 4.90 Å². The number of carbonyl (C=O) groups excluding carboxylic acids is 1. The van der Waals surface area contributed by atoms with Crippen LogP contribution in [0.15, 0.2) is 18.2 Å². The van der Waals surface area contributed by atoms with E-state index in [9.17, 15) is 4.79 Å². The lowest BCUT2D eigenvalue weighted by molar-refractivity contribution is 0.0730. The average Bonchev–Trinajstić information content (AvgIpc) is 2.24. The van der Waals surface area contributed by atoms with Crippen LogP contribution in [-0.2, 0) is 0 Å². The highest BCUT2D eigenvalue weighted by atomic mass is 16.2. The van der Waals surface area contributed by atoms with Crippen molar-refractivity contribution in [1.82, 2.24) is 4.90 Å². The summed E-state index contributed by atoms with van der Waals surface area (Å²) in [4.78, 5) is 13.9. The van der Waals surface area contributed by atoms with E-state index in [1.165, 1.54) is 0 Å². The summed E-state index contributed by atoms with van der Waals surface area (Å²) in [6, 6.07) is 7.81. The molecule has 0 fully saturated rings. The number of hydrogen-bond donors (Lipinski definition) is 0. The molecule has 3 nitrogen and oxygen atoms in total. The maximum absolute atomic E-state index is 12.3. The van der Waals surface area contributed by atoms with Crippen LogP contribution in [0.1, 0.15) is 35.3 Å². The quantitative estimate of drug-likeness (QED) is 0.749. The Morgan fingerprint density at radius 2 is 2.06 bits per heavy atom. The Bertz CT molecular complexity index is 458. The van der Waals surface area contributed by atoms with Gasteiger partial charge in [-0.3, -0.25) is 4.79 Å². The van der Waals surface area contributed by atoms with E-state index in [2.05, 4.69) is 0 Å². The second-order valence-electron chi connectivity index (χ2n) is 4.50. The Hall–Kier alpha value is -1.82. The van der Waals surface area contributed by atoms with Gasteiger partial charge in [0.15, 0.2) is 0 Å². The van der Waals surface area contributed by atoms with Crippen molar-refractivity contribution in [2.45, 2.75) is 33.7 Å². The van der Waals surface area contributed by atoms with E-state index in [4.69, 9.17) is 5.26 Å². The van der Waals surface area contributed by atoms with Gasteiger partial charge in [0.1, 0.15) is 6.54 Å². The van der Waals surface area contributed by atoms with Crippen molar-refractivity contribution in [3.63, 3.8) is 0 Å². The Morgan fingerprint density at radius 1 is 1.41 bits per heavy atom. The van der Waals surface area contributed by atoms with E-state index in [1.807, 2.05) is 52.0 Å². The Balaban J connectivity index is 3.06. The molecule has 0 aliphatic rings. The molecule has 0 saturated carbocycles. The molecular weight excluding hydrogens is 212 g/mol. The van der Waals surface area contributed by atoms with Gasteiger partial charge in [-0.15, -0.1) is 0 Å². The average molecular weight is 230 g/mol. The number of carbonyl (C=O) groups is 1. The van der Waals surface area contributed by atoms with Gasteiger partial charge in [-0.05, 0) is 39.3 Å². The molecule has 3 heteroatoms. The number of rotatable bonds is 3. The summed E-state index contributed by atoms with van der Waals surface area (Å²) in [5.74, 6) is -0.0703. The summed E-state index contributed by atoms with van der Waals surface area (Å²) >= 11 is 0. The summed E-state index contributed by atoms with van der Waals surface area (Å²) in [7, 11) is 0. The monoisotopic (exact) mass is 230 g/mol. The van der Waals surface area contributed by atoms with Crippen LogP contribution in [-0.4, -0.2) is 23.4 Å². The highest BCUT2D eigenvalue weighted by Gasteiger charge is 2.19. The lowest BCUT2D eigenvalue weighted by atomic mass is 10.0. The fraction of sp³-hybridized carbons (Fsp3) is 0.429. The van der Waals surface area contributed by atoms with Crippen LogP contribution in [0.2, 0.25) is 0 Å². The highest BCUT2D eigenvalue weighted by Crippen LogP contribution is 2.14. The van der Waals surface area contributed by atoms with E-state index in [0.717, 1.165) is 11.1 Å². The molecule has 0 aliphatic carbocycles. The van der Waals surface area contributed by atoms with E-state index in [0.29, 0.717) is 5.56 Å². The van der Waals surface area contributed by atoms with E-state index < -0.39 is 0 Å². The largest absolute Gasteiger partial charge is 0.323 e. The van der Waals surface area contributed by atoms with Crippen molar-refractivity contribution in [3.8, 4) is 6.07 Å². The molecule has 0 radical (unpaired) electrons. The molecule has 1 aromatic rings. The third-order valence-corrected chi connectivity index (χ3v) is 2.74. The molecule has 0 aromatic heterocycles. The molecule has 0 unspecified atom stereocenters. The number of hydrogen-bond acceptors (Lipinski definition) is 2. The third-order valence-electron chi connectivity index (χ3n) is 2.74. The van der Waals surface area contributed by atoms with Gasteiger partial charge in [-0.25, -0.2) is 0 Å². The van der Waals surface area contributed by atoms with Crippen molar-refractivity contribution >= 4 is 5.91 Å². The topological polar surface area (TPSA) is 44.1 Å². The number of amides is 1. The third kappa shape index (κ3) is 3.07. The van der Waals surface area contributed by atoms with Crippen LogP contribution in [0, 0.1) is 25.2 Å². The van der Waals surface area contributed by atoms with Crippen molar-refractivity contribution in [1.29, 1.82) is 5.26 Å². The molecule has 0 bridgehead atoms. The first kappa shape index (κ1) is 13.2. The molecule has 17 heavy (non-hydrogen) atoms. The Kier molecular flexibility index (Phi) is 4.28. The molecule has 0 saturated heterocycles. The predicted octanol–water partition coefficient (Wildman–Crippen LogP) is 2.68. The summed E-state index contributed by atoms with van der Waals surface area (Å²) in [5, 5.41) is 8.75. The fourth-order valence-electron chi connectivity index (χ4n) is 1.77. The summed E-state index contributed by atoms with van der Waals surface area (Å²) in [5.41, 5.74) is 2.77.